The molecule has 2 N–H and O–H groups in total. The van der Waals surface area contributed by atoms with Crippen LogP contribution in [0, 0.1) is 0 Å². The lowest BCUT2D eigenvalue weighted by atomic mass is 10.1. The normalized spacial score (nSPS) is 10.8. The van der Waals surface area contributed by atoms with Crippen LogP contribution in [0.3, 0.4) is 0 Å². The molecule has 30 heavy (non-hydrogen) atoms. The van der Waals surface area contributed by atoms with E-state index >= 15 is 0 Å². The van der Waals surface area contributed by atoms with Crippen LogP contribution < -0.4 is 10.5 Å². The van der Waals surface area contributed by atoms with Crippen molar-refractivity contribution in [3.8, 4) is 17.0 Å². The molecule has 0 unspecified atom stereocenters. The van der Waals surface area contributed by atoms with Crippen LogP contribution in [0.4, 0.5) is 0 Å². The van der Waals surface area contributed by atoms with Crippen LogP contribution in [0.5, 0.6) is 5.75 Å². The Morgan fingerprint density at radius 2 is 1.83 bits per heavy atom. The third-order valence-corrected chi connectivity index (χ3v) is 5.76. The zero-order valence-corrected chi connectivity index (χ0v) is 18.3. The predicted molar refractivity (Wildman–Crippen MR) is 122 cm³/mol. The lowest BCUT2D eigenvalue weighted by Gasteiger charge is -2.07. The van der Waals surface area contributed by atoms with Crippen LogP contribution in [0.15, 0.2) is 48.1 Å². The molecule has 0 saturated heterocycles. The molecule has 0 aliphatic rings. The van der Waals surface area contributed by atoms with E-state index in [2.05, 4.69) is 29.0 Å². The Kier molecular flexibility index (Phi) is 8.39. The van der Waals surface area contributed by atoms with Gasteiger partial charge in [0.25, 0.3) is 0 Å². The first-order valence-electron chi connectivity index (χ1n) is 10.6. The molecular weight excluding hydrogens is 394 g/mol. The Morgan fingerprint density at radius 3 is 2.60 bits per heavy atom. The number of pyridine rings is 1. The zero-order valence-electron chi connectivity index (χ0n) is 17.5. The summed E-state index contributed by atoms with van der Waals surface area (Å²) < 4.78 is 5.85. The van der Waals surface area contributed by atoms with Gasteiger partial charge in [-0.3, -0.25) is 9.78 Å². The molecule has 0 aliphatic heterocycles. The molecule has 6 heteroatoms. The fraction of sp³-hybridized carbons (Fsp3) is 0.375. The Morgan fingerprint density at radius 1 is 1.07 bits per heavy atom. The van der Waals surface area contributed by atoms with Crippen LogP contribution in [0.25, 0.3) is 11.3 Å². The third kappa shape index (κ3) is 6.66. The van der Waals surface area contributed by atoms with Crippen molar-refractivity contribution in [3.63, 3.8) is 0 Å². The van der Waals surface area contributed by atoms with Gasteiger partial charge in [-0.1, -0.05) is 51.2 Å². The number of hydrogen-bond acceptors (Lipinski definition) is 5. The van der Waals surface area contributed by atoms with Gasteiger partial charge in [-0.05, 0) is 30.2 Å². The van der Waals surface area contributed by atoms with Gasteiger partial charge in [0.1, 0.15) is 5.75 Å². The fourth-order valence-electron chi connectivity index (χ4n) is 3.19. The molecule has 3 aromatic rings. The maximum atomic E-state index is 11.3. The van der Waals surface area contributed by atoms with Gasteiger partial charge >= 0.3 is 0 Å². The minimum Gasteiger partial charge on any atom is -0.494 e. The van der Waals surface area contributed by atoms with E-state index in [4.69, 9.17) is 10.5 Å². The van der Waals surface area contributed by atoms with Crippen LogP contribution in [0.2, 0.25) is 0 Å². The first-order chi connectivity index (χ1) is 14.7. The predicted octanol–water partition coefficient (Wildman–Crippen LogP) is 5.63. The van der Waals surface area contributed by atoms with Gasteiger partial charge in [-0.15, -0.1) is 11.3 Å². The highest BCUT2D eigenvalue weighted by molar-refractivity contribution is 7.10. The monoisotopic (exact) mass is 423 g/mol. The Labute approximate surface area is 182 Å². The summed E-state index contributed by atoms with van der Waals surface area (Å²) in [6.45, 7) is 3.02. The molecule has 0 atom stereocenters. The van der Waals surface area contributed by atoms with Crippen molar-refractivity contribution in [3.05, 3.63) is 64.2 Å². The highest BCUT2D eigenvalue weighted by Gasteiger charge is 2.09. The maximum absolute atomic E-state index is 11.3. The number of nitrogens with zero attached hydrogens (tertiary/aromatic N) is 2. The number of ether oxygens (including phenoxy) is 1. The van der Waals surface area contributed by atoms with E-state index < -0.39 is 5.91 Å². The SMILES string of the molecule is CCCCCCCCOc1ccc(Cc2nc(-c3cncc(C(N)=O)c3)cs2)cc1. The smallest absolute Gasteiger partial charge is 0.250 e. The van der Waals surface area contributed by atoms with E-state index in [1.807, 2.05) is 17.5 Å². The number of hydrogen-bond donors (Lipinski definition) is 1. The van der Waals surface area contributed by atoms with Crippen molar-refractivity contribution in [1.82, 2.24) is 9.97 Å². The molecule has 0 spiro atoms. The van der Waals surface area contributed by atoms with Crippen LogP contribution >= 0.6 is 11.3 Å². The zero-order chi connectivity index (χ0) is 21.2. The number of unbranched alkanes of at least 4 members (excludes halogenated alkanes) is 5. The second-order valence-corrected chi connectivity index (χ2v) is 8.33. The minimum atomic E-state index is -0.487. The average molecular weight is 424 g/mol. The summed E-state index contributed by atoms with van der Waals surface area (Å²) >= 11 is 1.60. The lowest BCUT2D eigenvalue weighted by molar-refractivity contribution is 0.1000. The molecule has 3 rings (SSSR count). The molecule has 0 radical (unpaired) electrons. The van der Waals surface area contributed by atoms with Crippen molar-refractivity contribution in [2.24, 2.45) is 5.73 Å². The summed E-state index contributed by atoms with van der Waals surface area (Å²) in [6.07, 6.45) is 11.5. The fourth-order valence-corrected chi connectivity index (χ4v) is 4.03. The number of rotatable bonds is 12. The molecule has 2 aromatic heterocycles. The van der Waals surface area contributed by atoms with Gasteiger partial charge in [0.2, 0.25) is 5.91 Å². The number of primary amides is 1. The van der Waals surface area contributed by atoms with Crippen molar-refractivity contribution in [2.45, 2.75) is 51.9 Å². The average Bonchev–Trinajstić information content (AvgIpc) is 3.23. The first kappa shape index (κ1) is 22.0. The van der Waals surface area contributed by atoms with E-state index in [1.54, 1.807) is 23.6 Å². The maximum Gasteiger partial charge on any atom is 0.250 e. The topological polar surface area (TPSA) is 78.1 Å². The van der Waals surface area contributed by atoms with Crippen LogP contribution in [0.1, 0.15) is 66.4 Å². The number of benzene rings is 1. The van der Waals surface area contributed by atoms with Gasteiger partial charge in [0.15, 0.2) is 0 Å². The number of thiazole rings is 1. The quantitative estimate of drug-likeness (QED) is 0.383. The molecular formula is C24H29N3O2S. The number of nitrogens with two attached hydrogens (primary N) is 1. The second-order valence-electron chi connectivity index (χ2n) is 7.39. The number of carbonyl (C=O) groups excluding carboxylic acids is 1. The van der Waals surface area contributed by atoms with E-state index in [9.17, 15) is 4.79 Å². The summed E-state index contributed by atoms with van der Waals surface area (Å²) in [6, 6.07) is 9.96. The summed E-state index contributed by atoms with van der Waals surface area (Å²) in [7, 11) is 0. The van der Waals surface area contributed by atoms with Gasteiger partial charge in [0.05, 0.1) is 22.9 Å². The van der Waals surface area contributed by atoms with E-state index in [-0.39, 0.29) is 0 Å². The minimum absolute atomic E-state index is 0.388. The molecule has 1 aromatic carbocycles. The molecule has 0 fully saturated rings. The van der Waals surface area contributed by atoms with Crippen molar-refractivity contribution in [2.75, 3.05) is 6.61 Å². The molecule has 0 bridgehead atoms. The lowest BCUT2D eigenvalue weighted by Crippen LogP contribution is -2.11. The Bertz CT molecular complexity index is 938. The van der Waals surface area contributed by atoms with E-state index in [0.29, 0.717) is 5.56 Å². The number of amides is 1. The van der Waals surface area contributed by atoms with Crippen molar-refractivity contribution < 1.29 is 9.53 Å². The van der Waals surface area contributed by atoms with Gasteiger partial charge in [-0.25, -0.2) is 4.98 Å². The van der Waals surface area contributed by atoms with Crippen molar-refractivity contribution >= 4 is 17.2 Å². The molecule has 158 valence electrons. The molecule has 1 amide bonds. The summed E-state index contributed by atoms with van der Waals surface area (Å²) in [5, 5.41) is 2.99. The van der Waals surface area contributed by atoms with Gasteiger partial charge < -0.3 is 10.5 Å². The first-order valence-corrected chi connectivity index (χ1v) is 11.4. The largest absolute Gasteiger partial charge is 0.494 e. The second kappa shape index (κ2) is 11.5. The third-order valence-electron chi connectivity index (χ3n) is 4.92. The highest BCUT2D eigenvalue weighted by atomic mass is 32.1. The highest BCUT2D eigenvalue weighted by Crippen LogP contribution is 2.24. The van der Waals surface area contributed by atoms with E-state index in [1.165, 1.54) is 43.9 Å². The summed E-state index contributed by atoms with van der Waals surface area (Å²) in [4.78, 5) is 20.1. The molecule has 0 saturated carbocycles. The number of aromatic nitrogens is 2. The Hall–Kier alpha value is -2.73. The van der Waals surface area contributed by atoms with Crippen LogP contribution in [-0.2, 0) is 6.42 Å². The van der Waals surface area contributed by atoms with Gasteiger partial charge in [-0.2, -0.15) is 0 Å². The summed E-state index contributed by atoms with van der Waals surface area (Å²) in [5.74, 6) is 0.431. The molecule has 0 aliphatic carbocycles. The molecule has 2 heterocycles. The number of carbonyl (C=O) groups is 1. The molecule has 5 nitrogen and oxygen atoms in total. The standard InChI is InChI=1S/C24H29N3O2S/c1-2-3-4-5-6-7-12-29-21-10-8-18(9-11-21)13-23-27-22(17-30-23)19-14-20(24(25)28)16-26-15-19/h8-11,14-17H,2-7,12-13H2,1H3,(H2,25,28). The summed E-state index contributed by atoms with van der Waals surface area (Å²) in [5.41, 5.74) is 8.52. The Balaban J connectivity index is 1.49. The van der Waals surface area contributed by atoms with Gasteiger partial charge in [0, 0.05) is 29.8 Å². The van der Waals surface area contributed by atoms with Crippen molar-refractivity contribution in [1.29, 1.82) is 0 Å². The van der Waals surface area contributed by atoms with Crippen LogP contribution in [-0.4, -0.2) is 22.5 Å². The van der Waals surface area contributed by atoms with E-state index in [0.717, 1.165) is 41.5 Å².